The van der Waals surface area contributed by atoms with Gasteiger partial charge < -0.3 is 20.9 Å². The number of nitrogens with one attached hydrogen (secondary N) is 3. The maximum atomic E-state index is 12.2. The molecule has 0 aromatic heterocycles. The molecule has 7 heteroatoms. The number of carbonyl (C=O) groups is 2. The number of carbonyl (C=O) groups excluding carboxylic acids is 2. The maximum absolute atomic E-state index is 12.2. The molecule has 134 valence electrons. The van der Waals surface area contributed by atoms with Gasteiger partial charge >= 0.3 is 6.03 Å². The van der Waals surface area contributed by atoms with Gasteiger partial charge in [-0.15, -0.1) is 12.4 Å². The molecule has 2 fully saturated rings. The van der Waals surface area contributed by atoms with E-state index in [1.807, 2.05) is 6.92 Å². The Kier molecular flexibility index (Phi) is 8.69. The molecule has 2 aliphatic rings. The Balaban J connectivity index is 0.00000264. The van der Waals surface area contributed by atoms with Crippen LogP contribution in [-0.4, -0.2) is 55.6 Å². The summed E-state index contributed by atoms with van der Waals surface area (Å²) in [5.41, 5.74) is 0. The molecule has 2 saturated heterocycles. The van der Waals surface area contributed by atoms with Gasteiger partial charge in [0.1, 0.15) is 0 Å². The summed E-state index contributed by atoms with van der Waals surface area (Å²) in [6, 6.07) is 0.0766. The van der Waals surface area contributed by atoms with Crippen molar-refractivity contribution in [2.75, 3.05) is 32.7 Å². The summed E-state index contributed by atoms with van der Waals surface area (Å²) in [6.45, 7) is 8.20. The zero-order valence-electron chi connectivity index (χ0n) is 14.3. The fraction of sp³-hybridized carbons (Fsp3) is 0.875. The second-order valence-corrected chi connectivity index (χ2v) is 6.62. The Hall–Kier alpha value is -1.01. The lowest BCUT2D eigenvalue weighted by atomic mass is 9.85. The van der Waals surface area contributed by atoms with Crippen LogP contribution in [0.3, 0.4) is 0 Å². The van der Waals surface area contributed by atoms with Gasteiger partial charge in [-0.05, 0) is 51.1 Å². The third-order valence-electron chi connectivity index (χ3n) is 4.82. The number of nitrogens with zero attached hydrogens (tertiary/aromatic N) is 1. The molecule has 6 nitrogen and oxygen atoms in total. The standard InChI is InChI=1S/C16H30N4O2.ClH/c1-3-18-16(22)20-8-6-14(11-20)19-15(21)9-12(2)13-5-4-7-17-10-13;/h12-14,17H,3-11H2,1-2H3,(H,18,22)(H,19,21);1H. The van der Waals surface area contributed by atoms with Gasteiger partial charge in [0.25, 0.3) is 0 Å². The highest BCUT2D eigenvalue weighted by molar-refractivity contribution is 5.85. The van der Waals surface area contributed by atoms with Crippen LogP contribution in [0.4, 0.5) is 4.79 Å². The number of hydrogen-bond donors (Lipinski definition) is 3. The van der Waals surface area contributed by atoms with Crippen LogP contribution in [-0.2, 0) is 4.79 Å². The van der Waals surface area contributed by atoms with E-state index in [2.05, 4.69) is 22.9 Å². The van der Waals surface area contributed by atoms with Crippen molar-refractivity contribution in [3.05, 3.63) is 0 Å². The van der Waals surface area contributed by atoms with Gasteiger partial charge in [0, 0.05) is 32.1 Å². The van der Waals surface area contributed by atoms with E-state index in [9.17, 15) is 9.59 Å². The highest BCUT2D eigenvalue weighted by Crippen LogP contribution is 2.22. The molecule has 0 aromatic carbocycles. The molecule has 2 heterocycles. The minimum absolute atomic E-state index is 0. The summed E-state index contributed by atoms with van der Waals surface area (Å²) in [4.78, 5) is 25.7. The molecule has 2 rings (SSSR count). The summed E-state index contributed by atoms with van der Waals surface area (Å²) in [7, 11) is 0. The van der Waals surface area contributed by atoms with Crippen molar-refractivity contribution in [1.82, 2.24) is 20.9 Å². The third-order valence-corrected chi connectivity index (χ3v) is 4.82. The Bertz CT molecular complexity index is 388. The second kappa shape index (κ2) is 9.98. The van der Waals surface area contributed by atoms with Gasteiger partial charge in [0.2, 0.25) is 5.91 Å². The van der Waals surface area contributed by atoms with E-state index in [-0.39, 0.29) is 30.4 Å². The Labute approximate surface area is 145 Å². The molecule has 0 aliphatic carbocycles. The van der Waals surface area contributed by atoms with E-state index in [4.69, 9.17) is 0 Å². The third kappa shape index (κ3) is 6.18. The molecule has 0 bridgehead atoms. The van der Waals surface area contributed by atoms with Gasteiger partial charge in [-0.3, -0.25) is 4.79 Å². The van der Waals surface area contributed by atoms with E-state index in [1.54, 1.807) is 4.90 Å². The van der Waals surface area contributed by atoms with Gasteiger partial charge in [0.15, 0.2) is 0 Å². The quantitative estimate of drug-likeness (QED) is 0.703. The molecule has 3 atom stereocenters. The molecule has 0 radical (unpaired) electrons. The zero-order chi connectivity index (χ0) is 15.9. The van der Waals surface area contributed by atoms with Crippen LogP contribution in [0.1, 0.15) is 39.5 Å². The number of urea groups is 1. The van der Waals surface area contributed by atoms with Crippen LogP contribution in [0.5, 0.6) is 0 Å². The van der Waals surface area contributed by atoms with Gasteiger partial charge in [-0.2, -0.15) is 0 Å². The molecule has 3 N–H and O–H groups in total. The largest absolute Gasteiger partial charge is 0.352 e. The van der Waals surface area contributed by atoms with Gasteiger partial charge in [-0.25, -0.2) is 4.79 Å². The topological polar surface area (TPSA) is 73.5 Å². The smallest absolute Gasteiger partial charge is 0.317 e. The summed E-state index contributed by atoms with van der Waals surface area (Å²) in [5, 5.41) is 9.31. The number of likely N-dealkylation sites (tertiary alicyclic amines) is 1. The average molecular weight is 347 g/mol. The molecule has 0 saturated carbocycles. The fourth-order valence-corrected chi connectivity index (χ4v) is 3.44. The lowest BCUT2D eigenvalue weighted by molar-refractivity contribution is -0.123. The Morgan fingerprint density at radius 3 is 2.78 bits per heavy atom. The molecular formula is C16H31ClN4O2. The predicted molar refractivity (Wildman–Crippen MR) is 93.8 cm³/mol. The highest BCUT2D eigenvalue weighted by Gasteiger charge is 2.28. The van der Waals surface area contributed by atoms with Crippen LogP contribution in [0.15, 0.2) is 0 Å². The molecular weight excluding hydrogens is 316 g/mol. The fourth-order valence-electron chi connectivity index (χ4n) is 3.44. The van der Waals surface area contributed by atoms with Crippen molar-refractivity contribution in [3.63, 3.8) is 0 Å². The number of piperidine rings is 1. The molecule has 0 aromatic rings. The maximum Gasteiger partial charge on any atom is 0.317 e. The first-order valence-electron chi connectivity index (χ1n) is 8.63. The summed E-state index contributed by atoms with van der Waals surface area (Å²) in [5.74, 6) is 1.14. The molecule has 23 heavy (non-hydrogen) atoms. The number of rotatable bonds is 5. The minimum atomic E-state index is -0.0269. The van der Waals surface area contributed by atoms with Crippen molar-refractivity contribution in [2.45, 2.75) is 45.6 Å². The number of hydrogen-bond acceptors (Lipinski definition) is 3. The number of amides is 3. The van der Waals surface area contributed by atoms with Crippen molar-refractivity contribution in [1.29, 1.82) is 0 Å². The Morgan fingerprint density at radius 1 is 1.35 bits per heavy atom. The zero-order valence-corrected chi connectivity index (χ0v) is 15.1. The summed E-state index contributed by atoms with van der Waals surface area (Å²) >= 11 is 0. The minimum Gasteiger partial charge on any atom is -0.352 e. The van der Waals surface area contributed by atoms with Crippen LogP contribution >= 0.6 is 12.4 Å². The summed E-state index contributed by atoms with van der Waals surface area (Å²) in [6.07, 6.45) is 3.86. The lowest BCUT2D eigenvalue weighted by Crippen LogP contribution is -2.42. The van der Waals surface area contributed by atoms with E-state index in [1.165, 1.54) is 12.8 Å². The average Bonchev–Trinajstić information content (AvgIpc) is 2.96. The van der Waals surface area contributed by atoms with Gasteiger partial charge in [-0.1, -0.05) is 6.92 Å². The summed E-state index contributed by atoms with van der Waals surface area (Å²) < 4.78 is 0. The number of halogens is 1. The van der Waals surface area contributed by atoms with Crippen LogP contribution < -0.4 is 16.0 Å². The monoisotopic (exact) mass is 346 g/mol. The Morgan fingerprint density at radius 2 is 2.13 bits per heavy atom. The van der Waals surface area contributed by atoms with Crippen LogP contribution in [0, 0.1) is 11.8 Å². The van der Waals surface area contributed by atoms with E-state index >= 15 is 0 Å². The first-order valence-corrected chi connectivity index (χ1v) is 8.63. The SMILES string of the molecule is CCNC(=O)N1CCC(NC(=O)CC(C)C2CCCNC2)C1.Cl. The first kappa shape index (κ1) is 20.0. The van der Waals surface area contributed by atoms with Crippen molar-refractivity contribution >= 4 is 24.3 Å². The lowest BCUT2D eigenvalue weighted by Gasteiger charge is -2.28. The second-order valence-electron chi connectivity index (χ2n) is 6.62. The molecule has 2 aliphatic heterocycles. The van der Waals surface area contributed by atoms with E-state index in [0.717, 1.165) is 26.1 Å². The van der Waals surface area contributed by atoms with E-state index in [0.29, 0.717) is 31.3 Å². The highest BCUT2D eigenvalue weighted by atomic mass is 35.5. The van der Waals surface area contributed by atoms with Crippen molar-refractivity contribution in [3.8, 4) is 0 Å². The molecule has 0 spiro atoms. The van der Waals surface area contributed by atoms with Gasteiger partial charge in [0.05, 0.1) is 0 Å². The van der Waals surface area contributed by atoms with Crippen molar-refractivity contribution < 1.29 is 9.59 Å². The molecule has 3 amide bonds. The van der Waals surface area contributed by atoms with Crippen LogP contribution in [0.25, 0.3) is 0 Å². The van der Waals surface area contributed by atoms with Crippen LogP contribution in [0.2, 0.25) is 0 Å². The normalized spacial score (nSPS) is 25.4. The first-order chi connectivity index (χ1) is 10.6. The predicted octanol–water partition coefficient (Wildman–Crippen LogP) is 1.35. The van der Waals surface area contributed by atoms with Crippen molar-refractivity contribution in [2.24, 2.45) is 11.8 Å². The van der Waals surface area contributed by atoms with E-state index < -0.39 is 0 Å². The molecule has 3 unspecified atom stereocenters.